The molecule has 0 saturated heterocycles. The van der Waals surface area contributed by atoms with Gasteiger partial charge < -0.3 is 9.57 Å². The molecule has 2 heterocycles. The topological polar surface area (TPSA) is 43.7 Å². The summed E-state index contributed by atoms with van der Waals surface area (Å²) in [5.41, 5.74) is 1.75. The molecule has 1 aliphatic rings. The van der Waals surface area contributed by atoms with E-state index in [0.717, 1.165) is 22.3 Å². The fraction of sp³-hybridized carbons (Fsp3) is 0.455. The average Bonchev–Trinajstić information content (AvgIpc) is 2.76. The summed E-state index contributed by atoms with van der Waals surface area (Å²) < 4.78 is 6.25. The highest BCUT2D eigenvalue weighted by Crippen LogP contribution is 2.17. The molecule has 2 rings (SSSR count). The smallest absolute Gasteiger partial charge is 0.156 e. The first-order valence-corrected chi connectivity index (χ1v) is 6.01. The fourth-order valence-corrected chi connectivity index (χ4v) is 1.70. The molecule has 5 heteroatoms. The van der Waals surface area contributed by atoms with E-state index >= 15 is 0 Å². The van der Waals surface area contributed by atoms with Gasteiger partial charge in [-0.2, -0.15) is 0 Å². The molecule has 0 amide bonds. The lowest BCUT2D eigenvalue weighted by Crippen LogP contribution is -2.16. The highest BCUT2D eigenvalue weighted by Gasteiger charge is 2.22. The minimum atomic E-state index is 0.0281. The molecule has 0 aliphatic carbocycles. The summed E-state index contributed by atoms with van der Waals surface area (Å²) in [6, 6.07) is 3.87. The maximum absolute atomic E-state index is 5.29. The van der Waals surface area contributed by atoms with Crippen molar-refractivity contribution in [3.8, 4) is 0 Å². The molecular weight excluding hydrogens is 272 g/mol. The van der Waals surface area contributed by atoms with E-state index in [-0.39, 0.29) is 6.10 Å². The van der Waals surface area contributed by atoms with Gasteiger partial charge in [-0.3, -0.25) is 4.98 Å². The fourth-order valence-electron chi connectivity index (χ4n) is 1.46. The third kappa shape index (κ3) is 2.80. The van der Waals surface area contributed by atoms with Crippen LogP contribution in [0.1, 0.15) is 19.0 Å². The number of ether oxygens (including phenoxy) is 1. The quantitative estimate of drug-likeness (QED) is 0.853. The van der Waals surface area contributed by atoms with E-state index in [2.05, 4.69) is 26.1 Å². The molecule has 1 aliphatic heterocycles. The standard InChI is InChI=1S/C11H13BrN2O2/c1-2-15-7-9-5-11(14-16-9)10-4-3-8(12)6-13-10/h3-4,6,9H,2,5,7H2,1H3. The van der Waals surface area contributed by atoms with Gasteiger partial charge >= 0.3 is 0 Å². The maximum atomic E-state index is 5.29. The van der Waals surface area contributed by atoms with Crippen molar-refractivity contribution in [2.45, 2.75) is 19.4 Å². The number of halogens is 1. The summed E-state index contributed by atoms with van der Waals surface area (Å²) in [7, 11) is 0. The summed E-state index contributed by atoms with van der Waals surface area (Å²) in [6.07, 6.45) is 2.54. The molecule has 1 aromatic rings. The normalized spacial score (nSPS) is 19.4. The Labute approximate surface area is 103 Å². The van der Waals surface area contributed by atoms with E-state index in [0.29, 0.717) is 13.2 Å². The molecular formula is C11H13BrN2O2. The predicted octanol–water partition coefficient (Wildman–Crippen LogP) is 2.37. The number of rotatable bonds is 4. The molecule has 1 atom stereocenters. The number of hydrogen-bond donors (Lipinski definition) is 0. The van der Waals surface area contributed by atoms with Crippen molar-refractivity contribution >= 4 is 21.6 Å². The Morgan fingerprint density at radius 2 is 2.44 bits per heavy atom. The first-order valence-electron chi connectivity index (χ1n) is 5.22. The van der Waals surface area contributed by atoms with Gasteiger partial charge in [0, 0.05) is 23.7 Å². The highest BCUT2D eigenvalue weighted by atomic mass is 79.9. The SMILES string of the molecule is CCOCC1CC(c2ccc(Br)cn2)=NO1. The summed E-state index contributed by atoms with van der Waals surface area (Å²) in [4.78, 5) is 9.54. The van der Waals surface area contributed by atoms with Crippen LogP contribution in [0, 0.1) is 0 Å². The minimum Gasteiger partial charge on any atom is -0.389 e. The van der Waals surface area contributed by atoms with E-state index < -0.39 is 0 Å². The first-order chi connectivity index (χ1) is 7.79. The van der Waals surface area contributed by atoms with Crippen LogP contribution in [0.2, 0.25) is 0 Å². The predicted molar refractivity (Wildman–Crippen MR) is 64.5 cm³/mol. The van der Waals surface area contributed by atoms with Gasteiger partial charge in [-0.1, -0.05) is 5.16 Å². The summed E-state index contributed by atoms with van der Waals surface area (Å²) in [5.74, 6) is 0. The largest absolute Gasteiger partial charge is 0.389 e. The Balaban J connectivity index is 1.95. The lowest BCUT2D eigenvalue weighted by molar-refractivity contribution is 0.00672. The lowest BCUT2D eigenvalue weighted by atomic mass is 10.1. The van der Waals surface area contributed by atoms with Crippen LogP contribution in [0.15, 0.2) is 28.0 Å². The second-order valence-electron chi connectivity index (χ2n) is 3.49. The van der Waals surface area contributed by atoms with E-state index in [1.54, 1.807) is 6.20 Å². The summed E-state index contributed by atoms with van der Waals surface area (Å²) >= 11 is 3.35. The highest BCUT2D eigenvalue weighted by molar-refractivity contribution is 9.10. The minimum absolute atomic E-state index is 0.0281. The van der Waals surface area contributed by atoms with Gasteiger partial charge in [-0.25, -0.2) is 0 Å². The van der Waals surface area contributed by atoms with Gasteiger partial charge in [0.25, 0.3) is 0 Å². The monoisotopic (exact) mass is 284 g/mol. The van der Waals surface area contributed by atoms with E-state index in [4.69, 9.17) is 9.57 Å². The van der Waals surface area contributed by atoms with Crippen LogP contribution in [-0.2, 0) is 9.57 Å². The van der Waals surface area contributed by atoms with E-state index in [9.17, 15) is 0 Å². The van der Waals surface area contributed by atoms with E-state index in [1.165, 1.54) is 0 Å². The van der Waals surface area contributed by atoms with Crippen LogP contribution >= 0.6 is 15.9 Å². The van der Waals surface area contributed by atoms with Gasteiger partial charge in [-0.15, -0.1) is 0 Å². The number of pyridine rings is 1. The molecule has 0 aromatic carbocycles. The van der Waals surface area contributed by atoms with Crippen molar-refractivity contribution in [1.29, 1.82) is 0 Å². The van der Waals surface area contributed by atoms with Gasteiger partial charge in [-0.05, 0) is 35.0 Å². The van der Waals surface area contributed by atoms with Crippen LogP contribution in [0.5, 0.6) is 0 Å². The third-order valence-electron chi connectivity index (χ3n) is 2.26. The van der Waals surface area contributed by atoms with Crippen LogP contribution in [0.3, 0.4) is 0 Å². The maximum Gasteiger partial charge on any atom is 0.156 e. The molecule has 0 N–H and O–H groups in total. The Kier molecular flexibility index (Phi) is 3.90. The Morgan fingerprint density at radius 1 is 1.56 bits per heavy atom. The Hall–Kier alpha value is -0.940. The molecule has 86 valence electrons. The number of oxime groups is 1. The van der Waals surface area contributed by atoms with Gasteiger partial charge in [0.05, 0.1) is 12.3 Å². The van der Waals surface area contributed by atoms with Crippen molar-refractivity contribution in [2.24, 2.45) is 5.16 Å². The number of aromatic nitrogens is 1. The van der Waals surface area contributed by atoms with Crippen molar-refractivity contribution in [3.05, 3.63) is 28.5 Å². The van der Waals surface area contributed by atoms with Gasteiger partial charge in [0.15, 0.2) is 6.10 Å². The molecule has 1 unspecified atom stereocenters. The van der Waals surface area contributed by atoms with Crippen LogP contribution < -0.4 is 0 Å². The first kappa shape index (κ1) is 11.5. The van der Waals surface area contributed by atoms with Gasteiger partial charge in [0.1, 0.15) is 5.71 Å². The number of hydrogen-bond acceptors (Lipinski definition) is 4. The molecule has 1 aromatic heterocycles. The molecule has 0 spiro atoms. The average molecular weight is 285 g/mol. The molecule has 0 bridgehead atoms. The third-order valence-corrected chi connectivity index (χ3v) is 2.73. The van der Waals surface area contributed by atoms with Crippen molar-refractivity contribution < 1.29 is 9.57 Å². The Morgan fingerprint density at radius 3 is 3.12 bits per heavy atom. The molecule has 4 nitrogen and oxygen atoms in total. The molecule has 0 saturated carbocycles. The summed E-state index contributed by atoms with van der Waals surface area (Å²) in [5, 5.41) is 4.03. The lowest BCUT2D eigenvalue weighted by Gasteiger charge is -2.06. The van der Waals surface area contributed by atoms with Crippen LogP contribution in [0.4, 0.5) is 0 Å². The molecule has 0 radical (unpaired) electrons. The van der Waals surface area contributed by atoms with E-state index in [1.807, 2.05) is 19.1 Å². The zero-order valence-corrected chi connectivity index (χ0v) is 10.6. The van der Waals surface area contributed by atoms with Crippen LogP contribution in [-0.4, -0.2) is 30.0 Å². The second kappa shape index (κ2) is 5.41. The zero-order valence-electron chi connectivity index (χ0n) is 9.02. The molecule has 0 fully saturated rings. The Bertz CT molecular complexity index is 378. The van der Waals surface area contributed by atoms with Crippen molar-refractivity contribution in [2.75, 3.05) is 13.2 Å². The van der Waals surface area contributed by atoms with Crippen LogP contribution in [0.25, 0.3) is 0 Å². The number of nitrogens with zero attached hydrogens (tertiary/aromatic N) is 2. The second-order valence-corrected chi connectivity index (χ2v) is 4.41. The zero-order chi connectivity index (χ0) is 11.4. The van der Waals surface area contributed by atoms with Crippen molar-refractivity contribution in [1.82, 2.24) is 4.98 Å². The molecule has 16 heavy (non-hydrogen) atoms. The van der Waals surface area contributed by atoms with Gasteiger partial charge in [0.2, 0.25) is 0 Å². The van der Waals surface area contributed by atoms with Crippen molar-refractivity contribution in [3.63, 3.8) is 0 Å². The summed E-state index contributed by atoms with van der Waals surface area (Å²) in [6.45, 7) is 3.25.